The zero-order valence-electron chi connectivity index (χ0n) is 22.8. The van der Waals surface area contributed by atoms with Crippen molar-refractivity contribution in [3.8, 4) is 5.75 Å². The van der Waals surface area contributed by atoms with Gasteiger partial charge in [0.2, 0.25) is 5.91 Å². The van der Waals surface area contributed by atoms with Crippen molar-refractivity contribution in [1.82, 2.24) is 0 Å². The summed E-state index contributed by atoms with van der Waals surface area (Å²) in [6.07, 6.45) is 1.43. The number of nitro groups is 2. The molecule has 0 aliphatic rings. The van der Waals surface area contributed by atoms with Crippen molar-refractivity contribution in [2.75, 3.05) is 37.0 Å². The molecule has 0 aliphatic carbocycles. The average Bonchev–Trinajstić information content (AvgIpc) is 2.90. The van der Waals surface area contributed by atoms with Gasteiger partial charge in [-0.1, -0.05) is 20.8 Å². The van der Waals surface area contributed by atoms with Gasteiger partial charge in [0.05, 0.1) is 51.3 Å². The summed E-state index contributed by atoms with van der Waals surface area (Å²) in [5, 5.41) is 33.5. The Morgan fingerprint density at radius 2 is 1.80 bits per heavy atom. The minimum Gasteiger partial charge on any atom is -0.494 e. The molecular weight excluding hydrogens is 592 g/mol. The lowest BCUT2D eigenvalue weighted by Gasteiger charge is -2.27. The van der Waals surface area contributed by atoms with Gasteiger partial charge in [0, 0.05) is 25.6 Å². The van der Waals surface area contributed by atoms with E-state index in [0.717, 1.165) is 18.6 Å². The Hall–Kier alpha value is -4.14. The van der Waals surface area contributed by atoms with E-state index in [4.69, 9.17) is 9.47 Å². The van der Waals surface area contributed by atoms with Gasteiger partial charge in [-0.3, -0.25) is 29.8 Å². The highest BCUT2D eigenvalue weighted by Gasteiger charge is 2.24. The van der Waals surface area contributed by atoms with Gasteiger partial charge in [-0.15, -0.1) is 10.2 Å². The van der Waals surface area contributed by atoms with Crippen LogP contribution >= 0.6 is 15.9 Å². The number of hydrogen-bond donors (Lipinski definition) is 1. The number of methoxy groups -OCH3 is 1. The standard InChI is InChI=1S/C25H31BrN6O8/c1-6-8-30(9-10-40-25(34)15(3)7-2)21-13-19(27-16(4)33)20(14-23(21)39-5)28-29-24-18(26)11-17(31(35)36)12-22(24)32(37)38/h11-15H,6-10H2,1-5H3,(H,27,33)/b29-28+. The van der Waals surface area contributed by atoms with Crippen molar-refractivity contribution in [2.45, 2.75) is 40.5 Å². The summed E-state index contributed by atoms with van der Waals surface area (Å²) in [7, 11) is 1.45. The molecule has 14 nitrogen and oxygen atoms in total. The second-order valence-electron chi connectivity index (χ2n) is 8.70. The number of nitrogens with zero attached hydrogens (tertiary/aromatic N) is 5. The quantitative estimate of drug-likeness (QED) is 0.107. The van der Waals surface area contributed by atoms with Crippen LogP contribution in [0.5, 0.6) is 5.75 Å². The molecule has 1 amide bonds. The number of esters is 1. The number of non-ortho nitro benzene ring substituents is 1. The molecular formula is C25H31BrN6O8. The van der Waals surface area contributed by atoms with Crippen molar-refractivity contribution >= 4 is 61.9 Å². The van der Waals surface area contributed by atoms with Crippen LogP contribution in [0.25, 0.3) is 0 Å². The molecule has 0 spiro atoms. The molecule has 2 rings (SSSR count). The molecule has 2 aromatic rings. The van der Waals surface area contributed by atoms with E-state index in [1.165, 1.54) is 20.1 Å². The maximum absolute atomic E-state index is 12.1. The Morgan fingerprint density at radius 3 is 2.35 bits per heavy atom. The van der Waals surface area contributed by atoms with Gasteiger partial charge in [-0.25, -0.2) is 0 Å². The van der Waals surface area contributed by atoms with Crippen LogP contribution in [0.2, 0.25) is 0 Å². The summed E-state index contributed by atoms with van der Waals surface area (Å²) in [6, 6.07) is 4.99. The predicted octanol–water partition coefficient (Wildman–Crippen LogP) is 6.45. The molecule has 0 radical (unpaired) electrons. The van der Waals surface area contributed by atoms with Gasteiger partial charge in [0.15, 0.2) is 5.69 Å². The van der Waals surface area contributed by atoms with Crippen LogP contribution in [-0.2, 0) is 14.3 Å². The lowest BCUT2D eigenvalue weighted by molar-refractivity contribution is -0.393. The topological polar surface area (TPSA) is 179 Å². The molecule has 15 heteroatoms. The Morgan fingerprint density at radius 1 is 1.10 bits per heavy atom. The molecule has 0 saturated heterocycles. The van der Waals surface area contributed by atoms with Gasteiger partial charge in [-0.05, 0) is 34.8 Å². The van der Waals surface area contributed by atoms with E-state index in [2.05, 4.69) is 31.5 Å². The van der Waals surface area contributed by atoms with E-state index in [-0.39, 0.29) is 40.0 Å². The number of azo groups is 1. The van der Waals surface area contributed by atoms with E-state index in [9.17, 15) is 29.8 Å². The number of amides is 1. The Labute approximate surface area is 239 Å². The van der Waals surface area contributed by atoms with Crippen molar-refractivity contribution in [1.29, 1.82) is 0 Å². The minimum atomic E-state index is -0.804. The Bertz CT molecular complexity index is 1300. The molecule has 0 heterocycles. The zero-order chi connectivity index (χ0) is 30.0. The first-order valence-corrected chi connectivity index (χ1v) is 13.2. The first-order valence-electron chi connectivity index (χ1n) is 12.4. The fourth-order valence-corrected chi connectivity index (χ4v) is 4.06. The number of carbonyl (C=O) groups excluding carboxylic acids is 2. The lowest BCUT2D eigenvalue weighted by atomic mass is 10.1. The van der Waals surface area contributed by atoms with E-state index in [1.54, 1.807) is 13.0 Å². The molecule has 1 unspecified atom stereocenters. The van der Waals surface area contributed by atoms with Crippen molar-refractivity contribution in [3.05, 3.63) is 49.0 Å². The molecule has 1 atom stereocenters. The Balaban J connectivity index is 2.54. The molecule has 0 fully saturated rings. The van der Waals surface area contributed by atoms with Crippen LogP contribution in [-0.4, -0.2) is 48.5 Å². The van der Waals surface area contributed by atoms with Crippen LogP contribution in [0.3, 0.4) is 0 Å². The minimum absolute atomic E-state index is 0.0112. The largest absolute Gasteiger partial charge is 0.494 e. The highest BCUT2D eigenvalue weighted by molar-refractivity contribution is 9.10. The summed E-state index contributed by atoms with van der Waals surface area (Å²) >= 11 is 3.09. The summed E-state index contributed by atoms with van der Waals surface area (Å²) in [6.45, 7) is 8.07. The summed E-state index contributed by atoms with van der Waals surface area (Å²) < 4.78 is 11.0. The SMILES string of the molecule is CCCN(CCOC(=O)C(C)CC)c1cc(NC(C)=O)c(/N=N/c2c(Br)cc([N+](=O)[O-])cc2[N+](=O)[O-])cc1OC. The number of benzene rings is 2. The molecule has 0 aliphatic heterocycles. The van der Waals surface area contributed by atoms with Crippen LogP contribution in [0, 0.1) is 26.1 Å². The number of anilines is 2. The summed E-state index contributed by atoms with van der Waals surface area (Å²) in [5.74, 6) is -0.537. The van der Waals surface area contributed by atoms with Gasteiger partial charge in [-0.2, -0.15) is 0 Å². The van der Waals surface area contributed by atoms with Gasteiger partial charge in [0.25, 0.3) is 5.69 Å². The van der Waals surface area contributed by atoms with Crippen LogP contribution in [0.1, 0.15) is 40.5 Å². The molecule has 1 N–H and O–H groups in total. The summed E-state index contributed by atoms with van der Waals surface area (Å²) in [4.78, 5) is 47.2. The Kier molecular flexibility index (Phi) is 11.9. The third-order valence-corrected chi connectivity index (χ3v) is 6.36. The van der Waals surface area contributed by atoms with Gasteiger partial charge in [0.1, 0.15) is 18.0 Å². The maximum atomic E-state index is 12.1. The third-order valence-electron chi connectivity index (χ3n) is 5.76. The van der Waals surface area contributed by atoms with E-state index in [0.29, 0.717) is 30.9 Å². The van der Waals surface area contributed by atoms with E-state index >= 15 is 0 Å². The predicted molar refractivity (Wildman–Crippen MR) is 152 cm³/mol. The van der Waals surface area contributed by atoms with Crippen molar-refractivity contribution in [2.24, 2.45) is 16.1 Å². The number of carbonyl (C=O) groups is 2. The molecule has 0 saturated carbocycles. The summed E-state index contributed by atoms with van der Waals surface area (Å²) in [5.41, 5.74) is -0.415. The maximum Gasteiger partial charge on any atom is 0.308 e. The first-order chi connectivity index (χ1) is 18.9. The van der Waals surface area contributed by atoms with E-state index in [1.807, 2.05) is 18.7 Å². The first kappa shape index (κ1) is 32.1. The number of rotatable bonds is 14. The molecule has 0 bridgehead atoms. The molecule has 0 aromatic heterocycles. The number of nitro benzene ring substituents is 2. The number of ether oxygens (including phenoxy) is 2. The fraction of sp³-hybridized carbons (Fsp3) is 0.440. The van der Waals surface area contributed by atoms with Crippen molar-refractivity contribution in [3.63, 3.8) is 0 Å². The third kappa shape index (κ3) is 8.43. The van der Waals surface area contributed by atoms with E-state index < -0.39 is 27.1 Å². The average molecular weight is 623 g/mol. The normalized spacial score (nSPS) is 11.7. The number of halogens is 1. The second kappa shape index (κ2) is 14.9. The highest BCUT2D eigenvalue weighted by atomic mass is 79.9. The molecule has 216 valence electrons. The van der Waals surface area contributed by atoms with Crippen LogP contribution in [0.15, 0.2) is 39.0 Å². The highest BCUT2D eigenvalue weighted by Crippen LogP contribution is 2.43. The second-order valence-corrected chi connectivity index (χ2v) is 9.55. The number of nitrogens with one attached hydrogen (secondary N) is 1. The van der Waals surface area contributed by atoms with Gasteiger partial charge < -0.3 is 19.7 Å². The van der Waals surface area contributed by atoms with Crippen LogP contribution in [0.4, 0.5) is 34.1 Å². The van der Waals surface area contributed by atoms with Crippen molar-refractivity contribution < 1.29 is 28.9 Å². The van der Waals surface area contributed by atoms with Gasteiger partial charge >= 0.3 is 11.7 Å². The number of hydrogen-bond acceptors (Lipinski definition) is 11. The monoisotopic (exact) mass is 622 g/mol. The smallest absolute Gasteiger partial charge is 0.308 e. The molecule has 2 aromatic carbocycles. The van der Waals surface area contributed by atoms with Crippen LogP contribution < -0.4 is 15.0 Å². The molecule has 40 heavy (non-hydrogen) atoms. The fourth-order valence-electron chi connectivity index (χ4n) is 3.55. The zero-order valence-corrected chi connectivity index (χ0v) is 24.4. The lowest BCUT2D eigenvalue weighted by Crippen LogP contribution is -2.30.